The number of nitrogens with one attached hydrogen (secondary N) is 2. The van der Waals surface area contributed by atoms with Gasteiger partial charge >= 0.3 is 0 Å². The maximum absolute atomic E-state index is 11.7. The van der Waals surface area contributed by atoms with Crippen molar-refractivity contribution >= 4 is 27.2 Å². The third kappa shape index (κ3) is 4.67. The first kappa shape index (κ1) is 16.7. The molecule has 1 aromatic carbocycles. The van der Waals surface area contributed by atoms with Gasteiger partial charge in [0, 0.05) is 18.3 Å². The van der Waals surface area contributed by atoms with E-state index in [0.717, 1.165) is 18.5 Å². The molecule has 0 spiro atoms. The minimum Gasteiger partial charge on any atom is -0.370 e. The zero-order valence-corrected chi connectivity index (χ0v) is 14.5. The van der Waals surface area contributed by atoms with Gasteiger partial charge in [-0.2, -0.15) is 0 Å². The molecule has 2 aromatic rings. The van der Waals surface area contributed by atoms with E-state index >= 15 is 0 Å². The normalized spacial score (nSPS) is 19.6. The summed E-state index contributed by atoms with van der Waals surface area (Å²) in [5, 5.41) is 6.51. The Morgan fingerprint density at radius 1 is 1.17 bits per heavy atom. The number of nitrogens with zero attached hydrogens (tertiary/aromatic N) is 2. The fraction of sp³-hybridized carbons (Fsp3) is 0.412. The Morgan fingerprint density at radius 2 is 1.92 bits per heavy atom. The summed E-state index contributed by atoms with van der Waals surface area (Å²) < 4.78 is 23.4. The summed E-state index contributed by atoms with van der Waals surface area (Å²) >= 11 is 0. The van der Waals surface area contributed by atoms with Gasteiger partial charge in [-0.25, -0.2) is 18.4 Å². The zero-order valence-electron chi connectivity index (χ0n) is 13.7. The number of hydrogen-bond acceptors (Lipinski definition) is 6. The predicted octanol–water partition coefficient (Wildman–Crippen LogP) is 2.77. The molecule has 7 heteroatoms. The molecule has 1 atom stereocenters. The maximum Gasteiger partial charge on any atom is 0.150 e. The summed E-state index contributed by atoms with van der Waals surface area (Å²) in [5.74, 6) is 2.82. The van der Waals surface area contributed by atoms with Crippen molar-refractivity contribution in [1.29, 1.82) is 0 Å². The van der Waals surface area contributed by atoms with Crippen molar-refractivity contribution in [2.75, 3.05) is 28.7 Å². The molecule has 1 fully saturated rings. The van der Waals surface area contributed by atoms with Crippen molar-refractivity contribution in [1.82, 2.24) is 9.97 Å². The third-order valence-corrected chi connectivity index (χ3v) is 5.90. The summed E-state index contributed by atoms with van der Waals surface area (Å²) in [6, 6.07) is 11.7. The van der Waals surface area contributed by atoms with Crippen molar-refractivity contribution in [3.8, 4) is 0 Å². The first-order chi connectivity index (χ1) is 11.5. The lowest BCUT2D eigenvalue weighted by atomic mass is 10.1. The van der Waals surface area contributed by atoms with Gasteiger partial charge in [0.25, 0.3) is 0 Å². The van der Waals surface area contributed by atoms with Crippen LogP contribution in [0.3, 0.4) is 0 Å². The lowest BCUT2D eigenvalue weighted by Crippen LogP contribution is -2.30. The molecule has 24 heavy (non-hydrogen) atoms. The van der Waals surface area contributed by atoms with Crippen molar-refractivity contribution in [2.45, 2.75) is 19.8 Å². The fourth-order valence-electron chi connectivity index (χ4n) is 2.92. The quantitative estimate of drug-likeness (QED) is 0.866. The number of sulfone groups is 1. The second kappa shape index (κ2) is 7.17. The first-order valence-electron chi connectivity index (χ1n) is 8.12. The first-order valence-corrected chi connectivity index (χ1v) is 9.94. The van der Waals surface area contributed by atoms with Gasteiger partial charge in [-0.05, 0) is 37.8 Å². The lowest BCUT2D eigenvalue weighted by Gasteiger charge is -2.22. The number of benzene rings is 1. The number of para-hydroxylation sites is 1. The number of aromatic nitrogens is 2. The van der Waals surface area contributed by atoms with Gasteiger partial charge in [-0.15, -0.1) is 0 Å². The molecule has 0 saturated carbocycles. The van der Waals surface area contributed by atoms with Crippen LogP contribution in [0.5, 0.6) is 0 Å². The topological polar surface area (TPSA) is 84.0 Å². The van der Waals surface area contributed by atoms with Crippen LogP contribution in [0.4, 0.5) is 17.3 Å². The van der Waals surface area contributed by atoms with E-state index in [1.54, 1.807) is 0 Å². The van der Waals surface area contributed by atoms with Gasteiger partial charge in [0.2, 0.25) is 0 Å². The molecular weight excluding hydrogens is 324 g/mol. The van der Waals surface area contributed by atoms with Crippen LogP contribution in [0.2, 0.25) is 0 Å². The molecule has 1 unspecified atom stereocenters. The van der Waals surface area contributed by atoms with E-state index in [1.165, 1.54) is 0 Å². The SMILES string of the molecule is Cc1nc(NCC2CCCS(=O)(=O)C2)cc(Nc2ccccc2)n1. The van der Waals surface area contributed by atoms with Gasteiger partial charge < -0.3 is 10.6 Å². The van der Waals surface area contributed by atoms with E-state index in [4.69, 9.17) is 0 Å². The molecule has 2 heterocycles. The monoisotopic (exact) mass is 346 g/mol. The van der Waals surface area contributed by atoms with Crippen LogP contribution >= 0.6 is 0 Å². The Balaban J connectivity index is 1.65. The average molecular weight is 346 g/mol. The van der Waals surface area contributed by atoms with Crippen LogP contribution < -0.4 is 10.6 Å². The second-order valence-corrected chi connectivity index (χ2v) is 8.41. The lowest BCUT2D eigenvalue weighted by molar-refractivity contribution is 0.501. The Morgan fingerprint density at radius 3 is 2.67 bits per heavy atom. The van der Waals surface area contributed by atoms with Gasteiger partial charge in [0.1, 0.15) is 17.5 Å². The number of aryl methyl sites for hydroxylation is 1. The van der Waals surface area contributed by atoms with Crippen LogP contribution in [-0.2, 0) is 9.84 Å². The summed E-state index contributed by atoms with van der Waals surface area (Å²) in [5.41, 5.74) is 0.958. The van der Waals surface area contributed by atoms with E-state index in [2.05, 4.69) is 20.6 Å². The smallest absolute Gasteiger partial charge is 0.150 e. The highest BCUT2D eigenvalue weighted by molar-refractivity contribution is 7.91. The summed E-state index contributed by atoms with van der Waals surface area (Å²) in [7, 11) is -2.88. The van der Waals surface area contributed by atoms with Gasteiger partial charge in [0.15, 0.2) is 9.84 Å². The van der Waals surface area contributed by atoms with E-state index in [-0.39, 0.29) is 11.7 Å². The minimum absolute atomic E-state index is 0.143. The molecule has 0 aliphatic carbocycles. The minimum atomic E-state index is -2.88. The molecule has 1 saturated heterocycles. The predicted molar refractivity (Wildman–Crippen MR) is 96.4 cm³/mol. The van der Waals surface area contributed by atoms with E-state index < -0.39 is 9.84 Å². The Labute approximate surface area is 142 Å². The average Bonchev–Trinajstić information content (AvgIpc) is 2.52. The molecule has 0 radical (unpaired) electrons. The highest BCUT2D eigenvalue weighted by Crippen LogP contribution is 2.20. The van der Waals surface area contributed by atoms with Crippen molar-refractivity contribution < 1.29 is 8.42 Å². The Bertz CT molecular complexity index is 793. The number of anilines is 3. The zero-order chi connectivity index (χ0) is 17.0. The summed E-state index contributed by atoms with van der Waals surface area (Å²) in [4.78, 5) is 8.77. The number of rotatable bonds is 5. The molecule has 1 aliphatic rings. The third-order valence-electron chi connectivity index (χ3n) is 4.01. The van der Waals surface area contributed by atoms with E-state index in [1.807, 2.05) is 43.3 Å². The van der Waals surface area contributed by atoms with Crippen LogP contribution in [0.1, 0.15) is 18.7 Å². The summed E-state index contributed by atoms with van der Waals surface area (Å²) in [6.07, 6.45) is 1.68. The van der Waals surface area contributed by atoms with Crippen molar-refractivity contribution in [2.24, 2.45) is 5.92 Å². The molecule has 128 valence electrons. The maximum atomic E-state index is 11.7. The van der Waals surface area contributed by atoms with Crippen molar-refractivity contribution in [3.63, 3.8) is 0 Å². The Hall–Kier alpha value is -2.15. The highest BCUT2D eigenvalue weighted by Gasteiger charge is 2.24. The molecule has 6 nitrogen and oxygen atoms in total. The molecule has 0 bridgehead atoms. The molecule has 1 aromatic heterocycles. The molecule has 2 N–H and O–H groups in total. The molecular formula is C17H22N4O2S. The van der Waals surface area contributed by atoms with Crippen molar-refractivity contribution in [3.05, 3.63) is 42.2 Å². The van der Waals surface area contributed by atoms with Gasteiger partial charge in [0.05, 0.1) is 11.5 Å². The van der Waals surface area contributed by atoms with Crippen LogP contribution in [-0.4, -0.2) is 36.4 Å². The Kier molecular flexibility index (Phi) is 4.99. The molecule has 1 aliphatic heterocycles. The van der Waals surface area contributed by atoms with E-state index in [9.17, 15) is 8.42 Å². The largest absolute Gasteiger partial charge is 0.370 e. The van der Waals surface area contributed by atoms with E-state index in [0.29, 0.717) is 29.8 Å². The fourth-order valence-corrected chi connectivity index (χ4v) is 4.70. The van der Waals surface area contributed by atoms with Crippen LogP contribution in [0.25, 0.3) is 0 Å². The standard InChI is InChI=1S/C17H22N4O2S/c1-13-19-16(18-11-14-6-5-9-24(22,23)12-14)10-17(20-13)21-15-7-3-2-4-8-15/h2-4,7-8,10,14H,5-6,9,11-12H2,1H3,(H2,18,19,20,21). The molecule has 3 rings (SSSR count). The summed E-state index contributed by atoms with van der Waals surface area (Å²) in [6.45, 7) is 2.45. The highest BCUT2D eigenvalue weighted by atomic mass is 32.2. The molecule has 0 amide bonds. The van der Waals surface area contributed by atoms with Crippen LogP contribution in [0, 0.1) is 12.8 Å². The second-order valence-electron chi connectivity index (χ2n) is 6.18. The van der Waals surface area contributed by atoms with Gasteiger partial charge in [-0.3, -0.25) is 0 Å². The van der Waals surface area contributed by atoms with Gasteiger partial charge in [-0.1, -0.05) is 18.2 Å². The number of hydrogen-bond donors (Lipinski definition) is 2. The van der Waals surface area contributed by atoms with Crippen LogP contribution in [0.15, 0.2) is 36.4 Å².